The zero-order chi connectivity index (χ0) is 20.3. The summed E-state index contributed by atoms with van der Waals surface area (Å²) in [5.41, 5.74) is 0.509. The van der Waals surface area contributed by atoms with Crippen LogP contribution in [0.5, 0.6) is 0 Å². The normalized spacial score (nSPS) is 24.1. The molecule has 0 amide bonds. The van der Waals surface area contributed by atoms with Gasteiger partial charge in [0.1, 0.15) is 18.3 Å². The third kappa shape index (κ3) is 4.23. The molecular formula is C21H20Cl2O5. The molecule has 2 aromatic rings. The summed E-state index contributed by atoms with van der Waals surface area (Å²) in [6, 6.07) is 14.0. The van der Waals surface area contributed by atoms with Crippen molar-refractivity contribution in [2.24, 2.45) is 0 Å². The summed E-state index contributed by atoms with van der Waals surface area (Å²) in [6.45, 7) is 3.62. The number of hydrogen-bond acceptors (Lipinski definition) is 5. The first-order valence-corrected chi connectivity index (χ1v) is 9.55. The predicted molar refractivity (Wildman–Crippen MR) is 106 cm³/mol. The number of aryl methyl sites for hydroxylation is 2. The van der Waals surface area contributed by atoms with Gasteiger partial charge >= 0.3 is 5.97 Å². The van der Waals surface area contributed by atoms with E-state index in [1.807, 2.05) is 38.1 Å². The molecule has 0 spiro atoms. The fourth-order valence-electron chi connectivity index (χ4n) is 3.11. The number of carbonyl (C=O) groups is 2. The molecule has 148 valence electrons. The van der Waals surface area contributed by atoms with Gasteiger partial charge in [0, 0.05) is 12.0 Å². The van der Waals surface area contributed by atoms with E-state index in [0.29, 0.717) is 11.1 Å². The Labute approximate surface area is 173 Å². The standard InChI is InChI=1S/C21H20Cl2O5/c1-13-3-7-15(8-4-13)19(24)21(28-23)11-18(22)27-17(21)12-26-20(25)16-9-5-14(2)6-10-16/h3-10,17-18H,11-12H2,1-2H3/t17-,18+,21+/m1/s1. The van der Waals surface area contributed by atoms with Crippen molar-refractivity contribution >= 4 is 35.2 Å². The van der Waals surface area contributed by atoms with Gasteiger partial charge in [0.25, 0.3) is 0 Å². The highest BCUT2D eigenvalue weighted by molar-refractivity contribution is 6.21. The first kappa shape index (κ1) is 20.8. The van der Waals surface area contributed by atoms with Gasteiger partial charge in [0.05, 0.1) is 17.4 Å². The molecule has 1 saturated heterocycles. The second kappa shape index (κ2) is 8.62. The third-order valence-electron chi connectivity index (χ3n) is 4.78. The van der Waals surface area contributed by atoms with Crippen molar-refractivity contribution in [2.75, 3.05) is 6.61 Å². The van der Waals surface area contributed by atoms with E-state index in [2.05, 4.69) is 0 Å². The molecule has 0 aromatic heterocycles. The van der Waals surface area contributed by atoms with Crippen LogP contribution in [-0.4, -0.2) is 35.6 Å². The molecule has 1 aliphatic heterocycles. The Balaban J connectivity index is 1.78. The van der Waals surface area contributed by atoms with Gasteiger partial charge in [-0.2, -0.15) is 0 Å². The molecule has 0 bridgehead atoms. The summed E-state index contributed by atoms with van der Waals surface area (Å²) in [6.07, 6.45) is -0.895. The molecular weight excluding hydrogens is 403 g/mol. The van der Waals surface area contributed by atoms with Crippen LogP contribution in [0.2, 0.25) is 0 Å². The van der Waals surface area contributed by atoms with E-state index >= 15 is 0 Å². The van der Waals surface area contributed by atoms with Crippen molar-refractivity contribution < 1.29 is 23.4 Å². The van der Waals surface area contributed by atoms with Crippen LogP contribution < -0.4 is 0 Å². The lowest BCUT2D eigenvalue weighted by Gasteiger charge is -2.28. The van der Waals surface area contributed by atoms with Crippen LogP contribution in [0.3, 0.4) is 0 Å². The van der Waals surface area contributed by atoms with Gasteiger partial charge in [-0.15, -0.1) is 0 Å². The zero-order valence-corrected chi connectivity index (χ0v) is 17.0. The Bertz CT molecular complexity index is 850. The molecule has 28 heavy (non-hydrogen) atoms. The van der Waals surface area contributed by atoms with Crippen LogP contribution >= 0.6 is 23.5 Å². The van der Waals surface area contributed by atoms with Crippen LogP contribution in [0, 0.1) is 13.8 Å². The van der Waals surface area contributed by atoms with Crippen LogP contribution in [0.1, 0.15) is 38.3 Å². The average Bonchev–Trinajstić information content (AvgIpc) is 3.03. The van der Waals surface area contributed by atoms with Crippen molar-refractivity contribution in [1.29, 1.82) is 0 Å². The molecule has 3 atom stereocenters. The number of Topliss-reactive ketones (excluding diaryl/α,β-unsaturated/α-hetero) is 1. The van der Waals surface area contributed by atoms with E-state index in [1.165, 1.54) is 0 Å². The Morgan fingerprint density at radius 1 is 1.04 bits per heavy atom. The summed E-state index contributed by atoms with van der Waals surface area (Å²) in [4.78, 5) is 25.4. The van der Waals surface area contributed by atoms with E-state index < -0.39 is 23.2 Å². The van der Waals surface area contributed by atoms with Crippen molar-refractivity contribution in [1.82, 2.24) is 0 Å². The minimum atomic E-state index is -1.54. The topological polar surface area (TPSA) is 61.8 Å². The highest BCUT2D eigenvalue weighted by Gasteiger charge is 2.56. The summed E-state index contributed by atoms with van der Waals surface area (Å²) < 4.78 is 16.1. The van der Waals surface area contributed by atoms with Crippen molar-refractivity contribution in [3.63, 3.8) is 0 Å². The summed E-state index contributed by atoms with van der Waals surface area (Å²) in [5, 5.41) is 0. The highest BCUT2D eigenvalue weighted by Crippen LogP contribution is 2.39. The molecule has 2 aromatic carbocycles. The minimum absolute atomic E-state index is 0.0392. The van der Waals surface area contributed by atoms with Gasteiger partial charge in [-0.1, -0.05) is 59.1 Å². The molecule has 1 heterocycles. The number of halogens is 2. The number of carbonyl (C=O) groups excluding carboxylic acids is 2. The first-order valence-electron chi connectivity index (χ1n) is 8.80. The SMILES string of the molecule is Cc1ccc(C(=O)OC[C@H]2O[C@H](Cl)C[C@@]2(OCl)C(=O)c2ccc(C)cc2)cc1. The lowest BCUT2D eigenvalue weighted by atomic mass is 9.86. The van der Waals surface area contributed by atoms with Crippen molar-refractivity contribution in [3.8, 4) is 0 Å². The van der Waals surface area contributed by atoms with Gasteiger partial charge in [-0.25, -0.2) is 4.79 Å². The Hall–Kier alpha value is -1.92. The van der Waals surface area contributed by atoms with Gasteiger partial charge in [0.2, 0.25) is 0 Å². The summed E-state index contributed by atoms with van der Waals surface area (Å²) in [7, 11) is 0. The third-order valence-corrected chi connectivity index (χ3v) is 5.32. The second-order valence-corrected chi connectivity index (χ2v) is 7.51. The van der Waals surface area contributed by atoms with E-state index in [1.54, 1.807) is 24.3 Å². The quantitative estimate of drug-likeness (QED) is 0.386. The monoisotopic (exact) mass is 422 g/mol. The molecule has 0 N–H and O–H groups in total. The fourth-order valence-corrected chi connectivity index (χ4v) is 3.69. The van der Waals surface area contributed by atoms with Crippen LogP contribution in [0.4, 0.5) is 0 Å². The van der Waals surface area contributed by atoms with Crippen molar-refractivity contribution in [2.45, 2.75) is 37.5 Å². The summed E-state index contributed by atoms with van der Waals surface area (Å²) >= 11 is 11.9. The number of ether oxygens (including phenoxy) is 2. The van der Waals surface area contributed by atoms with Gasteiger partial charge < -0.3 is 9.47 Å². The van der Waals surface area contributed by atoms with Crippen LogP contribution in [0.15, 0.2) is 48.5 Å². The van der Waals surface area contributed by atoms with Gasteiger partial charge in [0.15, 0.2) is 11.4 Å². The largest absolute Gasteiger partial charge is 0.459 e. The zero-order valence-electron chi connectivity index (χ0n) is 15.5. The molecule has 5 nitrogen and oxygen atoms in total. The molecule has 1 aliphatic rings. The van der Waals surface area contributed by atoms with Crippen LogP contribution in [0.25, 0.3) is 0 Å². The maximum Gasteiger partial charge on any atom is 0.338 e. The minimum Gasteiger partial charge on any atom is -0.459 e. The van der Waals surface area contributed by atoms with E-state index in [0.717, 1.165) is 11.1 Å². The Kier molecular flexibility index (Phi) is 6.40. The number of benzene rings is 2. The Morgan fingerprint density at radius 2 is 1.57 bits per heavy atom. The lowest BCUT2D eigenvalue weighted by Crippen LogP contribution is -2.49. The second-order valence-electron chi connectivity index (χ2n) is 6.87. The number of alkyl halides is 1. The molecule has 1 fully saturated rings. The van der Waals surface area contributed by atoms with Crippen molar-refractivity contribution in [3.05, 3.63) is 70.8 Å². The van der Waals surface area contributed by atoms with Crippen LogP contribution in [-0.2, 0) is 13.8 Å². The number of esters is 1. The van der Waals surface area contributed by atoms with Gasteiger partial charge in [-0.3, -0.25) is 9.08 Å². The maximum absolute atomic E-state index is 13.1. The number of ketones is 1. The first-order chi connectivity index (χ1) is 13.4. The molecule has 0 radical (unpaired) electrons. The van der Waals surface area contributed by atoms with E-state index in [-0.39, 0.29) is 18.8 Å². The molecule has 3 rings (SSSR count). The van der Waals surface area contributed by atoms with E-state index in [9.17, 15) is 9.59 Å². The fraction of sp³-hybridized carbons (Fsp3) is 0.333. The average molecular weight is 423 g/mol. The van der Waals surface area contributed by atoms with Gasteiger partial charge in [-0.05, 0) is 26.0 Å². The lowest BCUT2D eigenvalue weighted by molar-refractivity contribution is -0.0415. The van der Waals surface area contributed by atoms with E-state index in [4.69, 9.17) is 37.2 Å². The Morgan fingerprint density at radius 3 is 2.11 bits per heavy atom. The highest BCUT2D eigenvalue weighted by atomic mass is 35.5. The summed E-state index contributed by atoms with van der Waals surface area (Å²) in [5.74, 6) is -0.907. The maximum atomic E-state index is 13.1. The number of hydrogen-bond donors (Lipinski definition) is 0. The smallest absolute Gasteiger partial charge is 0.338 e. The molecule has 0 saturated carbocycles. The predicted octanol–water partition coefficient (Wildman–Crippen LogP) is 4.61. The molecule has 0 unspecified atom stereocenters. The number of rotatable bonds is 6. The molecule has 0 aliphatic carbocycles. The molecule has 7 heteroatoms.